The van der Waals surface area contributed by atoms with Crippen molar-refractivity contribution < 1.29 is 23.7 Å². The van der Waals surface area contributed by atoms with Gasteiger partial charge in [0.15, 0.2) is 11.5 Å². The molecule has 0 aliphatic heterocycles. The predicted molar refractivity (Wildman–Crippen MR) is 86.6 cm³/mol. The zero-order valence-corrected chi connectivity index (χ0v) is 13.9. The van der Waals surface area contributed by atoms with Crippen LogP contribution in [-0.2, 0) is 15.9 Å². The quantitative estimate of drug-likeness (QED) is 0.623. The molecule has 1 heterocycles. The number of hydrogen-bond donors (Lipinski definition) is 1. The fourth-order valence-corrected chi connectivity index (χ4v) is 2.50. The van der Waals surface area contributed by atoms with Crippen molar-refractivity contribution in [2.45, 2.75) is 20.3 Å². The lowest BCUT2D eigenvalue weighted by Gasteiger charge is -2.13. The molecule has 0 radical (unpaired) electrons. The topological polar surface area (TPSA) is 78.1 Å². The number of hydrogen-bond acceptors (Lipinski definition) is 6. The average molecular weight is 322 g/mol. The monoisotopic (exact) mass is 322 g/mol. The van der Waals surface area contributed by atoms with E-state index < -0.39 is 5.63 Å². The second-order valence-corrected chi connectivity index (χ2v) is 5.28. The maximum absolute atomic E-state index is 12.2. The highest BCUT2D eigenvalue weighted by atomic mass is 16.5. The van der Waals surface area contributed by atoms with Crippen LogP contribution in [0, 0.1) is 13.8 Å². The molecule has 0 saturated heterocycles. The van der Waals surface area contributed by atoms with E-state index in [1.165, 1.54) is 7.11 Å². The van der Waals surface area contributed by atoms with E-state index in [1.807, 2.05) is 6.92 Å². The Morgan fingerprint density at radius 2 is 1.87 bits per heavy atom. The summed E-state index contributed by atoms with van der Waals surface area (Å²) in [5.41, 5.74) is 1.85. The molecule has 23 heavy (non-hydrogen) atoms. The molecule has 126 valence electrons. The first-order chi connectivity index (χ1) is 11.0. The second-order valence-electron chi connectivity index (χ2n) is 5.28. The number of fused-ring (bicyclic) bond motifs is 1. The minimum atomic E-state index is -0.405. The van der Waals surface area contributed by atoms with Crippen molar-refractivity contribution in [3.8, 4) is 11.5 Å². The Kier molecular flexibility index (Phi) is 5.63. The largest absolute Gasteiger partial charge is 0.504 e. The molecule has 0 spiro atoms. The zero-order chi connectivity index (χ0) is 17.0. The van der Waals surface area contributed by atoms with Gasteiger partial charge in [0.25, 0.3) is 0 Å². The number of rotatable bonds is 7. The van der Waals surface area contributed by atoms with Crippen LogP contribution in [0.25, 0.3) is 11.0 Å². The van der Waals surface area contributed by atoms with E-state index >= 15 is 0 Å². The van der Waals surface area contributed by atoms with E-state index in [-0.39, 0.29) is 5.75 Å². The Hall–Kier alpha value is -2.05. The molecule has 2 aromatic rings. The van der Waals surface area contributed by atoms with Crippen LogP contribution in [0.15, 0.2) is 15.3 Å². The van der Waals surface area contributed by atoms with Gasteiger partial charge in [-0.3, -0.25) is 0 Å². The number of ether oxygens (including phenoxy) is 3. The lowest BCUT2D eigenvalue weighted by Crippen LogP contribution is -2.14. The zero-order valence-electron chi connectivity index (χ0n) is 13.9. The van der Waals surface area contributed by atoms with Crippen molar-refractivity contribution in [1.29, 1.82) is 0 Å². The maximum Gasteiger partial charge on any atom is 0.339 e. The molecule has 0 bridgehead atoms. The Morgan fingerprint density at radius 1 is 1.13 bits per heavy atom. The number of aryl methyl sites for hydroxylation is 2. The molecule has 1 aromatic heterocycles. The van der Waals surface area contributed by atoms with Gasteiger partial charge in [0.1, 0.15) is 5.58 Å². The van der Waals surface area contributed by atoms with Crippen LogP contribution in [0.2, 0.25) is 0 Å². The number of phenolic OH excluding ortho intramolecular Hbond substituents is 1. The van der Waals surface area contributed by atoms with Crippen LogP contribution in [0.4, 0.5) is 0 Å². The molecular formula is C17H22O6. The van der Waals surface area contributed by atoms with Gasteiger partial charge in [0, 0.05) is 30.0 Å². The van der Waals surface area contributed by atoms with Gasteiger partial charge in [-0.2, -0.15) is 0 Å². The lowest BCUT2D eigenvalue weighted by atomic mass is 10.0. The Labute approximate surface area is 134 Å². The first-order valence-corrected chi connectivity index (χ1v) is 7.40. The van der Waals surface area contributed by atoms with Gasteiger partial charge in [-0.1, -0.05) is 0 Å². The van der Waals surface area contributed by atoms with Gasteiger partial charge in [-0.05, 0) is 25.5 Å². The van der Waals surface area contributed by atoms with Crippen molar-refractivity contribution in [2.24, 2.45) is 0 Å². The molecular weight excluding hydrogens is 300 g/mol. The van der Waals surface area contributed by atoms with Crippen molar-refractivity contribution in [1.82, 2.24) is 0 Å². The SMILES string of the molecule is COCCOCCc1c(C)c2cc(OC)c(O)c(C)c2oc1=O. The number of methoxy groups -OCH3 is 2. The summed E-state index contributed by atoms with van der Waals surface area (Å²) in [7, 11) is 3.09. The van der Waals surface area contributed by atoms with Crippen molar-refractivity contribution in [3.63, 3.8) is 0 Å². The molecule has 0 aliphatic carbocycles. The summed E-state index contributed by atoms with van der Waals surface area (Å²) in [5.74, 6) is 0.340. The van der Waals surface area contributed by atoms with E-state index in [0.717, 1.165) is 10.9 Å². The highest BCUT2D eigenvalue weighted by molar-refractivity contribution is 5.87. The molecule has 6 heteroatoms. The van der Waals surface area contributed by atoms with Gasteiger partial charge < -0.3 is 23.7 Å². The van der Waals surface area contributed by atoms with E-state index in [2.05, 4.69) is 0 Å². The van der Waals surface area contributed by atoms with Gasteiger partial charge in [-0.25, -0.2) is 4.79 Å². The molecule has 0 atom stereocenters. The fraction of sp³-hybridized carbons (Fsp3) is 0.471. The van der Waals surface area contributed by atoms with Crippen LogP contribution in [-0.4, -0.2) is 39.1 Å². The third-order valence-corrected chi connectivity index (χ3v) is 3.90. The summed E-state index contributed by atoms with van der Waals surface area (Å²) in [4.78, 5) is 12.2. The molecule has 2 rings (SSSR count). The van der Waals surface area contributed by atoms with E-state index in [4.69, 9.17) is 18.6 Å². The minimum absolute atomic E-state index is 0.0156. The highest BCUT2D eigenvalue weighted by Gasteiger charge is 2.17. The molecule has 1 aromatic carbocycles. The summed E-state index contributed by atoms with van der Waals surface area (Å²) in [6.45, 7) is 4.96. The lowest BCUT2D eigenvalue weighted by molar-refractivity contribution is 0.0720. The third kappa shape index (κ3) is 3.48. The van der Waals surface area contributed by atoms with Crippen LogP contribution in [0.3, 0.4) is 0 Å². The van der Waals surface area contributed by atoms with Gasteiger partial charge in [0.2, 0.25) is 0 Å². The second kappa shape index (κ2) is 7.48. The fourth-order valence-electron chi connectivity index (χ4n) is 2.50. The van der Waals surface area contributed by atoms with Crippen LogP contribution in [0.5, 0.6) is 11.5 Å². The average Bonchev–Trinajstić information content (AvgIpc) is 2.54. The standard InChI is InChI=1S/C17H22O6/c1-10-12(5-6-22-8-7-20-3)17(19)23-16-11(2)15(18)14(21-4)9-13(10)16/h9,18H,5-8H2,1-4H3. The summed E-state index contributed by atoms with van der Waals surface area (Å²) < 4.78 is 20.9. The first kappa shape index (κ1) is 17.3. The molecule has 0 amide bonds. The molecule has 1 N–H and O–H groups in total. The molecule has 6 nitrogen and oxygen atoms in total. The molecule has 0 saturated carbocycles. The minimum Gasteiger partial charge on any atom is -0.504 e. The smallest absolute Gasteiger partial charge is 0.339 e. The highest BCUT2D eigenvalue weighted by Crippen LogP contribution is 2.37. The summed E-state index contributed by atoms with van der Waals surface area (Å²) >= 11 is 0. The Morgan fingerprint density at radius 3 is 2.52 bits per heavy atom. The van der Waals surface area contributed by atoms with Crippen molar-refractivity contribution in [3.05, 3.63) is 33.2 Å². The summed E-state index contributed by atoms with van der Waals surface area (Å²) in [5, 5.41) is 10.8. The van der Waals surface area contributed by atoms with Crippen LogP contribution >= 0.6 is 0 Å². The van der Waals surface area contributed by atoms with Crippen LogP contribution in [0.1, 0.15) is 16.7 Å². The van der Waals surface area contributed by atoms with Gasteiger partial charge >= 0.3 is 5.63 Å². The van der Waals surface area contributed by atoms with Gasteiger partial charge in [0.05, 0.1) is 26.9 Å². The molecule has 0 aliphatic rings. The molecule has 0 unspecified atom stereocenters. The third-order valence-electron chi connectivity index (χ3n) is 3.90. The number of aromatic hydroxyl groups is 1. The van der Waals surface area contributed by atoms with Gasteiger partial charge in [-0.15, -0.1) is 0 Å². The normalized spacial score (nSPS) is 11.1. The number of benzene rings is 1. The number of phenols is 1. The predicted octanol–water partition coefficient (Wildman–Crippen LogP) is 2.33. The van der Waals surface area contributed by atoms with E-state index in [9.17, 15) is 9.90 Å². The van der Waals surface area contributed by atoms with Crippen LogP contribution < -0.4 is 10.4 Å². The van der Waals surface area contributed by atoms with Crippen molar-refractivity contribution >= 4 is 11.0 Å². The summed E-state index contributed by atoms with van der Waals surface area (Å²) in [6.07, 6.45) is 0.454. The van der Waals surface area contributed by atoms with E-state index in [0.29, 0.717) is 48.7 Å². The molecule has 0 fully saturated rings. The Balaban J connectivity index is 2.40. The van der Waals surface area contributed by atoms with Crippen molar-refractivity contribution in [2.75, 3.05) is 34.0 Å². The first-order valence-electron chi connectivity index (χ1n) is 7.40. The van der Waals surface area contributed by atoms with E-state index in [1.54, 1.807) is 20.1 Å². The Bertz CT molecular complexity index is 747. The maximum atomic E-state index is 12.2. The summed E-state index contributed by atoms with van der Waals surface area (Å²) in [6, 6.07) is 1.69.